The van der Waals surface area contributed by atoms with Gasteiger partial charge in [0, 0.05) is 0 Å². The number of hydrogen-bond donors (Lipinski definition) is 2. The molecule has 0 spiro atoms. The molecule has 0 aromatic carbocycles. The molecule has 1 unspecified atom stereocenters. The Labute approximate surface area is 88.0 Å². The van der Waals surface area contributed by atoms with E-state index in [-0.39, 0.29) is 17.4 Å². The lowest BCUT2D eigenvalue weighted by atomic mass is 10.2. The molecule has 0 saturated heterocycles. The van der Waals surface area contributed by atoms with E-state index in [1.54, 1.807) is 13.8 Å². The van der Waals surface area contributed by atoms with Gasteiger partial charge in [-0.1, -0.05) is 12.2 Å². The molecule has 0 aliphatic carbocycles. The highest BCUT2D eigenvalue weighted by molar-refractivity contribution is 7.80. The molecule has 0 rings (SSSR count). The molecule has 6 heteroatoms. The van der Waals surface area contributed by atoms with Crippen LogP contribution in [-0.4, -0.2) is 30.0 Å². The van der Waals surface area contributed by atoms with Gasteiger partial charge in [-0.05, 0) is 13.8 Å². The topological polar surface area (TPSA) is 81.4 Å². The smallest absolute Gasteiger partial charge is 0.325 e. The summed E-state index contributed by atoms with van der Waals surface area (Å²) in [6, 6.07) is 0. The normalized spacial score (nSPS) is 11.6. The van der Waals surface area contributed by atoms with Gasteiger partial charge in [-0.2, -0.15) is 0 Å². The van der Waals surface area contributed by atoms with Crippen molar-refractivity contribution in [2.45, 2.75) is 13.8 Å². The van der Waals surface area contributed by atoms with Crippen molar-refractivity contribution in [3.63, 3.8) is 0 Å². The van der Waals surface area contributed by atoms with Crippen LogP contribution in [0.4, 0.5) is 0 Å². The molecule has 3 N–H and O–H groups in total. The van der Waals surface area contributed by atoms with E-state index in [0.29, 0.717) is 6.61 Å². The molecule has 0 fully saturated rings. The number of carbonyl (C=O) groups is 2. The van der Waals surface area contributed by atoms with Crippen molar-refractivity contribution >= 4 is 29.1 Å². The minimum Gasteiger partial charge on any atom is -0.465 e. The summed E-state index contributed by atoms with van der Waals surface area (Å²) < 4.78 is 4.61. The predicted octanol–water partition coefficient (Wildman–Crippen LogP) is -0.412. The van der Waals surface area contributed by atoms with Crippen molar-refractivity contribution in [3.8, 4) is 0 Å². The Kier molecular flexibility index (Phi) is 5.78. The first-order chi connectivity index (χ1) is 6.49. The van der Waals surface area contributed by atoms with Crippen molar-refractivity contribution in [2.75, 3.05) is 13.2 Å². The average Bonchev–Trinajstić information content (AvgIpc) is 2.13. The van der Waals surface area contributed by atoms with E-state index in [9.17, 15) is 9.59 Å². The van der Waals surface area contributed by atoms with Crippen LogP contribution in [0.2, 0.25) is 0 Å². The fourth-order valence-electron chi connectivity index (χ4n) is 0.654. The van der Waals surface area contributed by atoms with Crippen LogP contribution < -0.4 is 11.1 Å². The fourth-order valence-corrected chi connectivity index (χ4v) is 0.761. The molecule has 0 heterocycles. The standard InChI is InChI=1S/C8H14N2O3S/c1-3-13-6(11)4-10-8(12)5(2)7(9)14/h5H,3-4H2,1-2H3,(H2,9,14)(H,10,12). The van der Waals surface area contributed by atoms with Gasteiger partial charge in [-0.3, -0.25) is 9.59 Å². The molecule has 0 radical (unpaired) electrons. The first kappa shape index (κ1) is 12.8. The Hall–Kier alpha value is -1.17. The second-order valence-electron chi connectivity index (χ2n) is 2.65. The Bertz CT molecular complexity index is 243. The third kappa shape index (κ3) is 4.76. The molecule has 14 heavy (non-hydrogen) atoms. The highest BCUT2D eigenvalue weighted by Crippen LogP contribution is 1.94. The lowest BCUT2D eigenvalue weighted by molar-refractivity contribution is -0.143. The molecule has 1 atom stereocenters. The SMILES string of the molecule is CCOC(=O)CNC(=O)C(C)C(N)=S. The number of rotatable bonds is 5. The third-order valence-corrected chi connectivity index (χ3v) is 1.89. The van der Waals surface area contributed by atoms with Crippen molar-refractivity contribution in [3.05, 3.63) is 0 Å². The number of ether oxygens (including phenoxy) is 1. The van der Waals surface area contributed by atoms with Crippen LogP contribution >= 0.6 is 12.2 Å². The summed E-state index contributed by atoms with van der Waals surface area (Å²) in [4.78, 5) is 22.1. The number of carbonyl (C=O) groups excluding carboxylic acids is 2. The zero-order valence-electron chi connectivity index (χ0n) is 8.20. The van der Waals surface area contributed by atoms with Crippen LogP contribution in [0.25, 0.3) is 0 Å². The van der Waals surface area contributed by atoms with Crippen LogP contribution in [0.1, 0.15) is 13.8 Å². The van der Waals surface area contributed by atoms with Gasteiger partial charge >= 0.3 is 5.97 Å². The van der Waals surface area contributed by atoms with Crippen molar-refractivity contribution in [1.29, 1.82) is 0 Å². The predicted molar refractivity (Wildman–Crippen MR) is 55.6 cm³/mol. The minimum atomic E-state index is -0.570. The number of nitrogens with two attached hydrogens (primary N) is 1. The molecular formula is C8H14N2O3S. The van der Waals surface area contributed by atoms with Crippen LogP contribution in [-0.2, 0) is 14.3 Å². The number of nitrogens with one attached hydrogen (secondary N) is 1. The van der Waals surface area contributed by atoms with Crippen LogP contribution in [0.5, 0.6) is 0 Å². The van der Waals surface area contributed by atoms with E-state index < -0.39 is 11.9 Å². The zero-order valence-corrected chi connectivity index (χ0v) is 9.02. The van der Waals surface area contributed by atoms with Gasteiger partial charge in [-0.15, -0.1) is 0 Å². The Morgan fingerprint density at radius 1 is 1.57 bits per heavy atom. The van der Waals surface area contributed by atoms with Crippen LogP contribution in [0.15, 0.2) is 0 Å². The number of thiocarbonyl (C=S) groups is 1. The largest absolute Gasteiger partial charge is 0.465 e. The molecule has 0 aromatic heterocycles. The Morgan fingerprint density at radius 3 is 2.57 bits per heavy atom. The van der Waals surface area contributed by atoms with Gasteiger partial charge in [0.2, 0.25) is 5.91 Å². The summed E-state index contributed by atoms with van der Waals surface area (Å²) in [6.45, 7) is 3.40. The van der Waals surface area contributed by atoms with Gasteiger partial charge in [0.15, 0.2) is 0 Å². The summed E-state index contributed by atoms with van der Waals surface area (Å²) in [7, 11) is 0. The van der Waals surface area contributed by atoms with E-state index in [0.717, 1.165) is 0 Å². The first-order valence-electron chi connectivity index (χ1n) is 4.21. The summed E-state index contributed by atoms with van der Waals surface area (Å²) in [5.74, 6) is -1.42. The van der Waals surface area contributed by atoms with Gasteiger partial charge in [-0.25, -0.2) is 0 Å². The number of esters is 1. The quantitative estimate of drug-likeness (QED) is 0.484. The fraction of sp³-hybridized carbons (Fsp3) is 0.625. The number of hydrogen-bond acceptors (Lipinski definition) is 4. The monoisotopic (exact) mass is 218 g/mol. The molecule has 1 amide bonds. The van der Waals surface area contributed by atoms with E-state index in [1.807, 2.05) is 0 Å². The molecule has 0 bridgehead atoms. The molecule has 5 nitrogen and oxygen atoms in total. The van der Waals surface area contributed by atoms with E-state index in [4.69, 9.17) is 5.73 Å². The second kappa shape index (κ2) is 6.31. The van der Waals surface area contributed by atoms with E-state index in [2.05, 4.69) is 22.3 Å². The second-order valence-corrected chi connectivity index (χ2v) is 3.12. The lowest BCUT2D eigenvalue weighted by Gasteiger charge is -2.09. The molecular weight excluding hydrogens is 204 g/mol. The molecule has 0 aliphatic heterocycles. The Morgan fingerprint density at radius 2 is 2.14 bits per heavy atom. The maximum atomic E-state index is 11.2. The molecule has 80 valence electrons. The maximum Gasteiger partial charge on any atom is 0.325 e. The minimum absolute atomic E-state index is 0.103. The van der Waals surface area contributed by atoms with Crippen molar-refractivity contribution in [1.82, 2.24) is 5.32 Å². The summed E-state index contributed by atoms with van der Waals surface area (Å²) in [6.07, 6.45) is 0. The van der Waals surface area contributed by atoms with Crippen molar-refractivity contribution < 1.29 is 14.3 Å². The highest BCUT2D eigenvalue weighted by atomic mass is 32.1. The van der Waals surface area contributed by atoms with Gasteiger partial charge in [0.25, 0.3) is 0 Å². The lowest BCUT2D eigenvalue weighted by Crippen LogP contribution is -2.39. The first-order valence-corrected chi connectivity index (χ1v) is 4.62. The van der Waals surface area contributed by atoms with Gasteiger partial charge in [0.05, 0.1) is 17.5 Å². The Balaban J connectivity index is 3.85. The van der Waals surface area contributed by atoms with Gasteiger partial charge < -0.3 is 15.8 Å². The molecule has 0 saturated carbocycles. The van der Waals surface area contributed by atoms with Crippen LogP contribution in [0, 0.1) is 5.92 Å². The number of amides is 1. The summed E-state index contributed by atoms with van der Waals surface area (Å²) in [5, 5.41) is 2.37. The van der Waals surface area contributed by atoms with Gasteiger partial charge in [0.1, 0.15) is 6.54 Å². The van der Waals surface area contributed by atoms with E-state index >= 15 is 0 Å². The van der Waals surface area contributed by atoms with E-state index in [1.165, 1.54) is 0 Å². The summed E-state index contributed by atoms with van der Waals surface area (Å²) >= 11 is 4.63. The van der Waals surface area contributed by atoms with Crippen molar-refractivity contribution in [2.24, 2.45) is 11.7 Å². The highest BCUT2D eigenvalue weighted by Gasteiger charge is 2.16. The average molecular weight is 218 g/mol. The molecule has 0 aromatic rings. The van der Waals surface area contributed by atoms with Crippen LogP contribution in [0.3, 0.4) is 0 Å². The maximum absolute atomic E-state index is 11.2. The zero-order chi connectivity index (χ0) is 11.1. The molecule has 0 aliphatic rings. The summed E-state index contributed by atoms with van der Waals surface area (Å²) in [5.41, 5.74) is 5.26. The third-order valence-electron chi connectivity index (χ3n) is 1.53.